The van der Waals surface area contributed by atoms with Gasteiger partial charge >= 0.3 is 0 Å². The van der Waals surface area contributed by atoms with Crippen LogP contribution in [0, 0.1) is 0 Å². The summed E-state index contributed by atoms with van der Waals surface area (Å²) in [7, 11) is 0. The summed E-state index contributed by atoms with van der Waals surface area (Å²) < 4.78 is 0. The fourth-order valence-electron chi connectivity index (χ4n) is 3.97. The van der Waals surface area contributed by atoms with Gasteiger partial charge in [0.2, 0.25) is 11.8 Å². The number of carbonyl (C=O) groups excluding carboxylic acids is 2. The molecule has 2 aliphatic heterocycles. The third kappa shape index (κ3) is 5.01. The van der Waals surface area contributed by atoms with Crippen LogP contribution in [-0.4, -0.2) is 59.1 Å². The maximum absolute atomic E-state index is 12.3. The third-order valence-electron chi connectivity index (χ3n) is 5.62. The molecular weight excluding hydrogens is 394 g/mol. The molecule has 28 heavy (non-hydrogen) atoms. The lowest BCUT2D eigenvalue weighted by atomic mass is 10.0. The van der Waals surface area contributed by atoms with Crippen LogP contribution < -0.4 is 21.3 Å². The average Bonchev–Trinajstić information content (AvgIpc) is 3.16. The van der Waals surface area contributed by atoms with Crippen molar-refractivity contribution in [3.05, 3.63) is 22.4 Å². The van der Waals surface area contributed by atoms with Crippen molar-refractivity contribution in [3.63, 3.8) is 0 Å². The van der Waals surface area contributed by atoms with E-state index in [1.54, 1.807) is 11.3 Å². The van der Waals surface area contributed by atoms with Crippen LogP contribution in [0.4, 0.5) is 0 Å². The highest BCUT2D eigenvalue weighted by molar-refractivity contribution is 7.80. The predicted molar refractivity (Wildman–Crippen MR) is 113 cm³/mol. The Bertz CT molecular complexity index is 722. The minimum absolute atomic E-state index is 0.0607. The van der Waals surface area contributed by atoms with E-state index in [1.165, 1.54) is 12.8 Å². The van der Waals surface area contributed by atoms with Gasteiger partial charge in [0, 0.05) is 42.5 Å². The lowest BCUT2D eigenvalue weighted by Gasteiger charge is -2.37. The van der Waals surface area contributed by atoms with E-state index in [-0.39, 0.29) is 29.9 Å². The van der Waals surface area contributed by atoms with Gasteiger partial charge in [-0.15, -0.1) is 11.3 Å². The molecule has 0 aromatic carbocycles. The molecule has 7 nitrogen and oxygen atoms in total. The van der Waals surface area contributed by atoms with Gasteiger partial charge < -0.3 is 21.3 Å². The van der Waals surface area contributed by atoms with Crippen LogP contribution in [-0.2, 0) is 16.1 Å². The Morgan fingerprint density at radius 2 is 2.14 bits per heavy atom. The molecule has 4 N–H and O–H groups in total. The zero-order valence-electron chi connectivity index (χ0n) is 15.8. The second-order valence-corrected chi connectivity index (χ2v) is 9.27. The highest BCUT2D eigenvalue weighted by atomic mass is 32.1. The summed E-state index contributed by atoms with van der Waals surface area (Å²) in [6.07, 6.45) is 4.32. The predicted octanol–water partition coefficient (Wildman–Crippen LogP) is 0.712. The van der Waals surface area contributed by atoms with Gasteiger partial charge in [-0.3, -0.25) is 14.5 Å². The Morgan fingerprint density at radius 3 is 2.89 bits per heavy atom. The van der Waals surface area contributed by atoms with Crippen molar-refractivity contribution in [2.24, 2.45) is 0 Å². The molecule has 3 atom stereocenters. The second-order valence-electron chi connectivity index (χ2n) is 7.83. The molecule has 4 rings (SSSR count). The first-order valence-corrected chi connectivity index (χ1v) is 11.3. The number of hydrogen-bond donors (Lipinski definition) is 4. The maximum Gasteiger partial charge on any atom is 0.237 e. The average molecular weight is 422 g/mol. The third-order valence-corrected chi connectivity index (χ3v) is 6.73. The molecular formula is C19H27N5O2S2. The number of fused-ring (bicyclic) bond motifs is 1. The molecule has 0 radical (unpaired) electrons. The SMILES string of the molecule is O=C(CCC1CNC(=O)C2CC(NC(=S)NC3CC3)CN12)NCc1cccs1. The molecule has 1 saturated carbocycles. The number of carbonyl (C=O) groups is 2. The Labute approximate surface area is 174 Å². The Hall–Kier alpha value is -1.71. The molecule has 2 saturated heterocycles. The first-order valence-electron chi connectivity index (χ1n) is 9.98. The van der Waals surface area contributed by atoms with Crippen molar-refractivity contribution in [2.75, 3.05) is 13.1 Å². The molecule has 9 heteroatoms. The number of rotatable bonds is 7. The zero-order valence-corrected chi connectivity index (χ0v) is 17.4. The normalized spacial score (nSPS) is 27.0. The number of nitrogens with one attached hydrogen (secondary N) is 4. The molecule has 3 aliphatic rings. The van der Waals surface area contributed by atoms with Crippen molar-refractivity contribution in [1.29, 1.82) is 0 Å². The first kappa shape index (κ1) is 19.6. The van der Waals surface area contributed by atoms with Crippen LogP contribution in [0.5, 0.6) is 0 Å². The van der Waals surface area contributed by atoms with Crippen LogP contribution in [0.1, 0.15) is 37.0 Å². The van der Waals surface area contributed by atoms with E-state index in [2.05, 4.69) is 26.2 Å². The largest absolute Gasteiger partial charge is 0.360 e. The summed E-state index contributed by atoms with van der Waals surface area (Å²) in [5, 5.41) is 15.4. The molecule has 1 aliphatic carbocycles. The van der Waals surface area contributed by atoms with Crippen molar-refractivity contribution in [2.45, 2.75) is 62.8 Å². The van der Waals surface area contributed by atoms with Crippen LogP contribution >= 0.6 is 23.6 Å². The number of hydrogen-bond acceptors (Lipinski definition) is 5. The summed E-state index contributed by atoms with van der Waals surface area (Å²) >= 11 is 7.03. The van der Waals surface area contributed by atoms with Gasteiger partial charge in [0.1, 0.15) is 0 Å². The van der Waals surface area contributed by atoms with Gasteiger partial charge in [-0.25, -0.2) is 0 Å². The summed E-state index contributed by atoms with van der Waals surface area (Å²) in [5.74, 6) is 0.148. The van der Waals surface area contributed by atoms with E-state index in [0.29, 0.717) is 30.7 Å². The highest BCUT2D eigenvalue weighted by Crippen LogP contribution is 2.26. The summed E-state index contributed by atoms with van der Waals surface area (Å²) in [5.41, 5.74) is 0. The summed E-state index contributed by atoms with van der Waals surface area (Å²) in [6.45, 7) is 1.97. The zero-order chi connectivity index (χ0) is 19.5. The standard InChI is InChI=1S/C19H27N5O2S2/c25-17(20-10-15-2-1-7-28-15)6-5-14-9-21-18(26)16-8-13(11-24(14)16)23-19(27)22-12-3-4-12/h1-2,7,12-14,16H,3-6,8-11H2,(H,20,25)(H,21,26)(H2,22,23,27). The van der Waals surface area contributed by atoms with Gasteiger partial charge in [0.15, 0.2) is 5.11 Å². The number of thiocarbonyl (C=S) groups is 1. The minimum atomic E-state index is -0.130. The molecule has 3 fully saturated rings. The van der Waals surface area contributed by atoms with Crippen LogP contribution in [0.25, 0.3) is 0 Å². The van der Waals surface area contributed by atoms with Gasteiger partial charge in [-0.1, -0.05) is 6.07 Å². The van der Waals surface area contributed by atoms with Gasteiger partial charge in [0.05, 0.1) is 12.6 Å². The first-order chi connectivity index (χ1) is 13.6. The smallest absolute Gasteiger partial charge is 0.237 e. The Morgan fingerprint density at radius 1 is 1.32 bits per heavy atom. The molecule has 0 bridgehead atoms. The van der Waals surface area contributed by atoms with Crippen molar-refractivity contribution >= 4 is 40.5 Å². The fraction of sp³-hybridized carbons (Fsp3) is 0.632. The number of piperazine rings is 1. The molecule has 3 heterocycles. The molecule has 152 valence electrons. The van der Waals surface area contributed by atoms with Crippen molar-refractivity contribution in [1.82, 2.24) is 26.2 Å². The number of thiophene rings is 1. The van der Waals surface area contributed by atoms with E-state index in [1.807, 2.05) is 17.5 Å². The van der Waals surface area contributed by atoms with Crippen LogP contribution in [0.15, 0.2) is 17.5 Å². The lowest BCUT2D eigenvalue weighted by molar-refractivity contribution is -0.129. The van der Waals surface area contributed by atoms with Gasteiger partial charge in [-0.2, -0.15) is 0 Å². The molecule has 1 aromatic heterocycles. The summed E-state index contributed by atoms with van der Waals surface area (Å²) in [6, 6.07) is 4.75. The Balaban J connectivity index is 1.25. The van der Waals surface area contributed by atoms with Crippen LogP contribution in [0.3, 0.4) is 0 Å². The van der Waals surface area contributed by atoms with Crippen LogP contribution in [0.2, 0.25) is 0 Å². The van der Waals surface area contributed by atoms with E-state index in [4.69, 9.17) is 12.2 Å². The van der Waals surface area contributed by atoms with Gasteiger partial charge in [-0.05, 0) is 49.3 Å². The van der Waals surface area contributed by atoms with Crippen molar-refractivity contribution in [3.8, 4) is 0 Å². The van der Waals surface area contributed by atoms with E-state index < -0.39 is 0 Å². The number of amides is 2. The molecule has 0 spiro atoms. The lowest BCUT2D eigenvalue weighted by Crippen LogP contribution is -2.58. The van der Waals surface area contributed by atoms with Crippen molar-refractivity contribution < 1.29 is 9.59 Å². The molecule has 1 aromatic rings. The summed E-state index contributed by atoms with van der Waals surface area (Å²) in [4.78, 5) is 27.9. The minimum Gasteiger partial charge on any atom is -0.360 e. The maximum atomic E-state index is 12.3. The fourth-order valence-corrected chi connectivity index (χ4v) is 4.95. The van der Waals surface area contributed by atoms with Gasteiger partial charge in [0.25, 0.3) is 0 Å². The highest BCUT2D eigenvalue weighted by Gasteiger charge is 2.43. The van der Waals surface area contributed by atoms with E-state index in [9.17, 15) is 9.59 Å². The number of nitrogens with zero attached hydrogens (tertiary/aromatic N) is 1. The van der Waals surface area contributed by atoms with E-state index >= 15 is 0 Å². The molecule has 2 amide bonds. The van der Waals surface area contributed by atoms with E-state index in [0.717, 1.165) is 24.3 Å². The topological polar surface area (TPSA) is 85.5 Å². The molecule has 3 unspecified atom stereocenters. The monoisotopic (exact) mass is 421 g/mol. The quantitative estimate of drug-likeness (QED) is 0.486. The Kier molecular flexibility index (Phi) is 6.13. The second kappa shape index (κ2) is 8.75.